The van der Waals surface area contributed by atoms with Crippen molar-refractivity contribution in [2.24, 2.45) is 10.9 Å². The van der Waals surface area contributed by atoms with E-state index < -0.39 is 11.8 Å². The molecule has 9 nitrogen and oxygen atoms in total. The predicted molar refractivity (Wildman–Crippen MR) is 154 cm³/mol. The topological polar surface area (TPSA) is 102 Å². The number of aliphatic carboxylic acids is 1. The fraction of sp³-hybridized carbons (Fsp3) is 0.400. The van der Waals surface area contributed by atoms with Crippen LogP contribution in [0.15, 0.2) is 54.0 Å². The lowest BCUT2D eigenvalue weighted by molar-refractivity contribution is -0.129. The number of benzene rings is 1. The number of aliphatic imine (C=N–C) groups is 1. The molecule has 1 N–H and O–H groups in total. The van der Waals surface area contributed by atoms with Gasteiger partial charge in [0.25, 0.3) is 0 Å². The number of hydrogen-bond donors (Lipinski definition) is 1. The molecule has 2 fully saturated rings. The summed E-state index contributed by atoms with van der Waals surface area (Å²) in [5, 5.41) is 9.77. The molecule has 0 unspecified atom stereocenters. The lowest BCUT2D eigenvalue weighted by atomic mass is 9.92. The van der Waals surface area contributed by atoms with Crippen LogP contribution in [0.1, 0.15) is 36.5 Å². The second-order valence-corrected chi connectivity index (χ2v) is 10.8. The first kappa shape index (κ1) is 28.9. The third-order valence-electron chi connectivity index (χ3n) is 7.47. The Kier molecular flexibility index (Phi) is 9.12. The number of aromatic nitrogens is 3. The van der Waals surface area contributed by atoms with Crippen LogP contribution in [0.5, 0.6) is 11.6 Å². The Morgan fingerprint density at radius 2 is 2.05 bits per heavy atom. The van der Waals surface area contributed by atoms with Gasteiger partial charge < -0.3 is 19.1 Å². The van der Waals surface area contributed by atoms with Crippen LogP contribution in [0.2, 0.25) is 5.02 Å². The van der Waals surface area contributed by atoms with Crippen LogP contribution >= 0.6 is 11.6 Å². The highest BCUT2D eigenvalue weighted by Gasteiger charge is 2.26. The first-order valence-corrected chi connectivity index (χ1v) is 14.1. The molecule has 3 aromatic rings. The summed E-state index contributed by atoms with van der Waals surface area (Å²) in [7, 11) is 0. The van der Waals surface area contributed by atoms with Crippen LogP contribution in [0.25, 0.3) is 0 Å². The summed E-state index contributed by atoms with van der Waals surface area (Å²) in [6.07, 6.45) is 5.06. The molecule has 2 aromatic heterocycles. The van der Waals surface area contributed by atoms with Crippen molar-refractivity contribution in [3.8, 4) is 11.6 Å². The molecule has 11 heteroatoms. The van der Waals surface area contributed by atoms with Crippen LogP contribution < -0.4 is 4.74 Å². The molecule has 0 bridgehead atoms. The molecule has 41 heavy (non-hydrogen) atoms. The number of likely N-dealkylation sites (tertiary alicyclic amines) is 1. The Labute approximate surface area is 243 Å². The Hall–Kier alpha value is -3.60. The zero-order valence-electron chi connectivity index (χ0n) is 22.9. The number of pyridine rings is 1. The minimum atomic E-state index is -1.13. The molecule has 0 spiro atoms. The number of carboxylic acid groups (broad SMARTS) is 1. The van der Waals surface area contributed by atoms with E-state index in [9.17, 15) is 14.3 Å². The van der Waals surface area contributed by atoms with E-state index in [1.807, 2.05) is 23.6 Å². The van der Waals surface area contributed by atoms with Crippen LogP contribution in [0.3, 0.4) is 0 Å². The Bertz CT molecular complexity index is 1450. The number of carbonyl (C=O) groups is 1. The zero-order chi connectivity index (χ0) is 28.9. The summed E-state index contributed by atoms with van der Waals surface area (Å²) in [5.41, 5.74) is 1.47. The molecule has 0 amide bonds. The van der Waals surface area contributed by atoms with Gasteiger partial charge in [-0.2, -0.15) is 0 Å². The number of carboxylic acids is 1. The van der Waals surface area contributed by atoms with E-state index in [1.54, 1.807) is 12.1 Å². The lowest BCUT2D eigenvalue weighted by Crippen LogP contribution is -2.36. The molecule has 1 atom stereocenters. The second kappa shape index (κ2) is 12.9. The molecule has 2 saturated heterocycles. The predicted octanol–water partition coefficient (Wildman–Crippen LogP) is 5.76. The summed E-state index contributed by atoms with van der Waals surface area (Å²) >= 11 is 5.83. The van der Waals surface area contributed by atoms with E-state index in [2.05, 4.69) is 21.5 Å². The molecular weight excluding hydrogens is 549 g/mol. The molecule has 4 heterocycles. The highest BCUT2D eigenvalue weighted by Crippen LogP contribution is 2.29. The minimum Gasteiger partial charge on any atom is -0.477 e. The molecule has 5 rings (SSSR count). The van der Waals surface area contributed by atoms with Gasteiger partial charge in [0.05, 0.1) is 24.9 Å². The number of nitrogens with zero attached hydrogens (tertiary/aromatic N) is 5. The van der Waals surface area contributed by atoms with Crippen molar-refractivity contribution >= 4 is 29.1 Å². The third kappa shape index (κ3) is 7.19. The Morgan fingerprint density at radius 1 is 1.27 bits per heavy atom. The lowest BCUT2D eigenvalue weighted by Gasteiger charge is -2.32. The Balaban J connectivity index is 1.22. The fourth-order valence-corrected chi connectivity index (χ4v) is 5.30. The van der Waals surface area contributed by atoms with E-state index in [0.717, 1.165) is 56.9 Å². The van der Waals surface area contributed by atoms with Gasteiger partial charge in [0.1, 0.15) is 11.5 Å². The van der Waals surface area contributed by atoms with Crippen molar-refractivity contribution in [2.75, 3.05) is 19.7 Å². The van der Waals surface area contributed by atoms with Gasteiger partial charge in [-0.15, -0.1) is 0 Å². The monoisotopic (exact) mass is 581 g/mol. The minimum absolute atomic E-state index is 0.0717. The van der Waals surface area contributed by atoms with Crippen molar-refractivity contribution in [2.45, 2.75) is 51.8 Å². The van der Waals surface area contributed by atoms with E-state index in [4.69, 9.17) is 26.1 Å². The van der Waals surface area contributed by atoms with Gasteiger partial charge in [-0.05, 0) is 82.0 Å². The maximum atomic E-state index is 14.1. The van der Waals surface area contributed by atoms with Gasteiger partial charge in [0.2, 0.25) is 5.88 Å². The highest BCUT2D eigenvalue weighted by molar-refractivity contribution is 6.40. The quantitative estimate of drug-likeness (QED) is 0.287. The molecule has 2 aliphatic rings. The summed E-state index contributed by atoms with van der Waals surface area (Å²) in [5.74, 6) is 0.618. The van der Waals surface area contributed by atoms with E-state index >= 15 is 0 Å². The smallest absolute Gasteiger partial charge is 0.354 e. The second-order valence-electron chi connectivity index (χ2n) is 10.4. The molecular formula is C30H33ClFN5O4. The summed E-state index contributed by atoms with van der Waals surface area (Å²) in [6, 6.07) is 9.84. The number of piperidine rings is 1. The number of imidazole rings is 1. The van der Waals surface area contributed by atoms with E-state index in [0.29, 0.717) is 41.4 Å². The van der Waals surface area contributed by atoms with Gasteiger partial charge in [-0.25, -0.2) is 24.1 Å². The van der Waals surface area contributed by atoms with Gasteiger partial charge in [-0.3, -0.25) is 4.90 Å². The molecule has 0 saturated carbocycles. The van der Waals surface area contributed by atoms with Crippen molar-refractivity contribution in [1.29, 1.82) is 0 Å². The summed E-state index contributed by atoms with van der Waals surface area (Å²) in [6.45, 7) is 9.18. The van der Waals surface area contributed by atoms with Crippen molar-refractivity contribution < 1.29 is 23.8 Å². The zero-order valence-corrected chi connectivity index (χ0v) is 23.7. The van der Waals surface area contributed by atoms with Crippen LogP contribution in [0.4, 0.5) is 10.2 Å². The number of rotatable bonds is 11. The first-order chi connectivity index (χ1) is 19.8. The van der Waals surface area contributed by atoms with E-state index in [1.165, 1.54) is 18.2 Å². The number of ether oxygens (including phenoxy) is 2. The van der Waals surface area contributed by atoms with Gasteiger partial charge in [0.15, 0.2) is 17.4 Å². The van der Waals surface area contributed by atoms with Crippen molar-refractivity contribution in [3.63, 3.8) is 0 Å². The molecule has 216 valence electrons. The van der Waals surface area contributed by atoms with Gasteiger partial charge in [-0.1, -0.05) is 24.2 Å². The first-order valence-electron chi connectivity index (χ1n) is 13.7. The molecule has 2 aliphatic heterocycles. The van der Waals surface area contributed by atoms with Crippen molar-refractivity contribution in [1.82, 2.24) is 19.4 Å². The average Bonchev–Trinajstić information content (AvgIpc) is 3.20. The summed E-state index contributed by atoms with van der Waals surface area (Å²) in [4.78, 5) is 27.7. The van der Waals surface area contributed by atoms with Crippen LogP contribution in [0, 0.1) is 18.7 Å². The van der Waals surface area contributed by atoms with Crippen LogP contribution in [-0.2, 0) is 29.0 Å². The average molecular weight is 582 g/mol. The number of halogens is 2. The van der Waals surface area contributed by atoms with E-state index in [-0.39, 0.29) is 17.6 Å². The summed E-state index contributed by atoms with van der Waals surface area (Å²) < 4.78 is 27.5. The largest absolute Gasteiger partial charge is 0.477 e. The fourth-order valence-electron chi connectivity index (χ4n) is 5.15. The van der Waals surface area contributed by atoms with Gasteiger partial charge in [0, 0.05) is 23.4 Å². The number of aryl methyl sites for hydroxylation is 1. The van der Waals surface area contributed by atoms with Crippen LogP contribution in [-0.4, -0.2) is 62.0 Å². The third-order valence-corrected chi connectivity index (χ3v) is 7.70. The normalized spacial score (nSPS) is 18.2. The Morgan fingerprint density at radius 3 is 2.71 bits per heavy atom. The molecule has 1 aromatic carbocycles. The molecule has 0 aliphatic carbocycles. The SMILES string of the molecule is C=C/C(=N\c1c(C)nc(CN2CCC(Cc3cccc(Oc4ccc(Cl)cc4F)n3)CC2)n1C[C@@H]1CCO1)C(=O)O. The number of hydrogen-bond acceptors (Lipinski definition) is 7. The maximum Gasteiger partial charge on any atom is 0.354 e. The highest BCUT2D eigenvalue weighted by atomic mass is 35.5. The standard InChI is InChI=1S/C30H33ClFN5O4/c1-3-25(30(38)39)35-29-19(2)33-27(37(29)17-23-11-14-40-23)18-36-12-9-20(10-13-36)15-22-5-4-6-28(34-22)41-26-8-7-21(31)16-24(26)32/h3-8,16,20,23H,1,9-15,17-18H2,2H3,(H,38,39)/b35-25+/t23-/m0/s1. The molecule has 0 radical (unpaired) electrons. The van der Waals surface area contributed by atoms with Gasteiger partial charge >= 0.3 is 5.97 Å². The maximum absolute atomic E-state index is 14.1. The van der Waals surface area contributed by atoms with Crippen molar-refractivity contribution in [3.05, 3.63) is 77.1 Å².